The van der Waals surface area contributed by atoms with E-state index < -0.39 is 0 Å². The predicted molar refractivity (Wildman–Crippen MR) is 120 cm³/mol. The van der Waals surface area contributed by atoms with E-state index in [1.165, 1.54) is 23.1 Å². The van der Waals surface area contributed by atoms with Crippen molar-refractivity contribution in [3.8, 4) is 0 Å². The highest BCUT2D eigenvalue weighted by molar-refractivity contribution is 7.15. The van der Waals surface area contributed by atoms with Crippen LogP contribution in [0.5, 0.6) is 0 Å². The summed E-state index contributed by atoms with van der Waals surface area (Å²) < 4.78 is 1.83. The smallest absolute Gasteiger partial charge is 0.244 e. The van der Waals surface area contributed by atoms with E-state index in [0.29, 0.717) is 30.5 Å². The first-order valence-corrected chi connectivity index (χ1v) is 11.0. The molecule has 2 amide bonds. The van der Waals surface area contributed by atoms with Crippen molar-refractivity contribution in [2.24, 2.45) is 0 Å². The summed E-state index contributed by atoms with van der Waals surface area (Å²) in [5.41, 5.74) is 1.84. The molecule has 1 aliphatic rings. The number of aromatic nitrogens is 2. The molecule has 2 aromatic heterocycles. The summed E-state index contributed by atoms with van der Waals surface area (Å²) in [5.74, 6) is -0.205. The first kappa shape index (κ1) is 20.4. The van der Waals surface area contributed by atoms with Crippen molar-refractivity contribution in [1.29, 1.82) is 0 Å². The molecule has 1 N–H and O–H groups in total. The number of amides is 2. The normalized spacial score (nSPS) is 14.6. The molecule has 3 aromatic rings. The van der Waals surface area contributed by atoms with Crippen LogP contribution in [0.3, 0.4) is 0 Å². The molecule has 9 heteroatoms. The minimum Gasteiger partial charge on any atom is -0.368 e. The van der Waals surface area contributed by atoms with Crippen molar-refractivity contribution in [3.63, 3.8) is 0 Å². The van der Waals surface area contributed by atoms with Gasteiger partial charge in [-0.05, 0) is 18.2 Å². The maximum atomic E-state index is 12.4. The van der Waals surface area contributed by atoms with Gasteiger partial charge in [0.1, 0.15) is 0 Å². The molecule has 0 atom stereocenters. The molecule has 0 unspecified atom stereocenters. The van der Waals surface area contributed by atoms with Gasteiger partial charge in [0.05, 0.1) is 5.69 Å². The molecule has 0 spiro atoms. The van der Waals surface area contributed by atoms with E-state index in [1.54, 1.807) is 6.08 Å². The third-order valence-electron chi connectivity index (χ3n) is 5.04. The molecule has 1 aromatic carbocycles. The number of thiazole rings is 1. The van der Waals surface area contributed by atoms with Gasteiger partial charge in [-0.25, -0.2) is 4.98 Å². The highest BCUT2D eigenvalue weighted by Crippen LogP contribution is 2.22. The number of halogens is 1. The van der Waals surface area contributed by atoms with Gasteiger partial charge < -0.3 is 15.1 Å². The molecular weight excluding hydrogens is 422 g/mol. The van der Waals surface area contributed by atoms with Crippen molar-refractivity contribution in [3.05, 3.63) is 58.8 Å². The Morgan fingerprint density at radius 2 is 1.93 bits per heavy atom. The van der Waals surface area contributed by atoms with Crippen LogP contribution in [-0.4, -0.2) is 58.8 Å². The van der Waals surface area contributed by atoms with Crippen LogP contribution in [0.25, 0.3) is 11.0 Å². The molecule has 4 rings (SSSR count). The number of rotatable bonds is 6. The average molecular weight is 444 g/mol. The van der Waals surface area contributed by atoms with E-state index >= 15 is 0 Å². The molecule has 0 saturated carbocycles. The summed E-state index contributed by atoms with van der Waals surface area (Å²) in [7, 11) is 0. The highest BCUT2D eigenvalue weighted by Gasteiger charge is 2.20. The van der Waals surface area contributed by atoms with E-state index in [2.05, 4.69) is 27.3 Å². The van der Waals surface area contributed by atoms with Gasteiger partial charge in [-0.2, -0.15) is 0 Å². The fourth-order valence-corrected chi connectivity index (χ4v) is 4.45. The number of hydrogen-bond donors (Lipinski definition) is 1. The van der Waals surface area contributed by atoms with Gasteiger partial charge in [0.25, 0.3) is 0 Å². The quantitative estimate of drug-likeness (QED) is 0.595. The Morgan fingerprint density at radius 1 is 1.17 bits per heavy atom. The van der Waals surface area contributed by atoms with Gasteiger partial charge >= 0.3 is 0 Å². The molecule has 156 valence electrons. The monoisotopic (exact) mass is 443 g/mol. The van der Waals surface area contributed by atoms with E-state index in [0.717, 1.165) is 18.1 Å². The molecule has 1 saturated heterocycles. The minimum absolute atomic E-state index is 0.0609. The Bertz CT molecular complexity index is 1050. The Kier molecular flexibility index (Phi) is 6.35. The Hall–Kier alpha value is -2.84. The van der Waals surface area contributed by atoms with Gasteiger partial charge in [-0.15, -0.1) is 11.3 Å². The van der Waals surface area contributed by atoms with Crippen LogP contribution in [0.1, 0.15) is 12.1 Å². The third-order valence-corrected chi connectivity index (χ3v) is 6.07. The summed E-state index contributed by atoms with van der Waals surface area (Å²) in [5, 5.41) is 5.02. The van der Waals surface area contributed by atoms with Crippen LogP contribution in [0.4, 0.5) is 5.69 Å². The SMILES string of the molecule is O=C(/C=C/c1c(Cl)nc2sccn12)NCCC(=O)N1CCN(c2ccccc2)CC1. The molecule has 0 radical (unpaired) electrons. The first-order valence-electron chi connectivity index (χ1n) is 9.76. The second-order valence-electron chi connectivity index (χ2n) is 6.92. The summed E-state index contributed by atoms with van der Waals surface area (Å²) in [6.45, 7) is 3.31. The second-order valence-corrected chi connectivity index (χ2v) is 8.15. The number of piperazine rings is 1. The number of carbonyl (C=O) groups excluding carboxylic acids is 2. The fraction of sp³-hybridized carbons (Fsp3) is 0.286. The van der Waals surface area contributed by atoms with Crippen LogP contribution in [0, 0.1) is 0 Å². The number of fused-ring (bicyclic) bond motifs is 1. The van der Waals surface area contributed by atoms with Gasteiger partial charge in [-0.3, -0.25) is 14.0 Å². The van der Waals surface area contributed by atoms with Gasteiger partial charge in [0, 0.05) is 62.5 Å². The maximum Gasteiger partial charge on any atom is 0.244 e. The fourth-order valence-electron chi connectivity index (χ4n) is 3.44. The van der Waals surface area contributed by atoms with E-state index in [-0.39, 0.29) is 18.2 Å². The molecule has 0 aliphatic carbocycles. The minimum atomic E-state index is -0.266. The zero-order valence-corrected chi connectivity index (χ0v) is 17.9. The number of carbonyl (C=O) groups is 2. The number of imidazole rings is 1. The summed E-state index contributed by atoms with van der Waals surface area (Å²) in [6.07, 6.45) is 5.19. The number of nitrogens with one attached hydrogen (secondary N) is 1. The van der Waals surface area contributed by atoms with Crippen LogP contribution < -0.4 is 10.2 Å². The zero-order chi connectivity index (χ0) is 20.9. The topological polar surface area (TPSA) is 70.0 Å². The average Bonchev–Trinajstić information content (AvgIpc) is 3.33. The number of benzene rings is 1. The largest absolute Gasteiger partial charge is 0.368 e. The van der Waals surface area contributed by atoms with Crippen molar-refractivity contribution >= 4 is 51.5 Å². The van der Waals surface area contributed by atoms with E-state index in [9.17, 15) is 9.59 Å². The lowest BCUT2D eigenvalue weighted by molar-refractivity contribution is -0.131. The van der Waals surface area contributed by atoms with Crippen LogP contribution in [-0.2, 0) is 9.59 Å². The van der Waals surface area contributed by atoms with E-state index in [4.69, 9.17) is 11.6 Å². The predicted octanol–water partition coefficient (Wildman–Crippen LogP) is 2.92. The summed E-state index contributed by atoms with van der Waals surface area (Å²) in [6, 6.07) is 10.2. The lowest BCUT2D eigenvalue weighted by Gasteiger charge is -2.36. The third kappa shape index (κ3) is 4.66. The highest BCUT2D eigenvalue weighted by atomic mass is 35.5. The molecule has 0 bridgehead atoms. The molecule has 3 heterocycles. The molecule has 7 nitrogen and oxygen atoms in total. The lowest BCUT2D eigenvalue weighted by atomic mass is 10.2. The number of anilines is 1. The zero-order valence-electron chi connectivity index (χ0n) is 16.3. The van der Waals surface area contributed by atoms with Crippen LogP contribution in [0.2, 0.25) is 5.15 Å². The van der Waals surface area contributed by atoms with Crippen molar-refractivity contribution in [1.82, 2.24) is 19.6 Å². The first-order chi connectivity index (χ1) is 14.6. The number of hydrogen-bond acceptors (Lipinski definition) is 5. The Balaban J connectivity index is 1.21. The van der Waals surface area contributed by atoms with Crippen molar-refractivity contribution in [2.45, 2.75) is 6.42 Å². The van der Waals surface area contributed by atoms with Gasteiger partial charge in [0.15, 0.2) is 10.1 Å². The van der Waals surface area contributed by atoms with Crippen LogP contribution >= 0.6 is 22.9 Å². The standard InChI is InChI=1S/C21H22ClN5O2S/c22-20-17(27-14-15-30-21(27)24-20)6-7-18(28)23-9-8-19(29)26-12-10-25(11-13-26)16-4-2-1-3-5-16/h1-7,14-15H,8-13H2,(H,23,28)/b7-6+. The second kappa shape index (κ2) is 9.32. The molecule has 1 aliphatic heterocycles. The van der Waals surface area contributed by atoms with Crippen LogP contribution in [0.15, 0.2) is 48.0 Å². The molecular formula is C21H22ClN5O2S. The Labute approximate surface area is 183 Å². The van der Waals surface area contributed by atoms with Gasteiger partial charge in [0.2, 0.25) is 11.8 Å². The maximum absolute atomic E-state index is 12.4. The van der Waals surface area contributed by atoms with E-state index in [1.807, 2.05) is 39.1 Å². The molecule has 1 fully saturated rings. The summed E-state index contributed by atoms with van der Waals surface area (Å²) >= 11 is 7.59. The summed E-state index contributed by atoms with van der Waals surface area (Å²) in [4.78, 5) is 33.7. The Morgan fingerprint density at radius 3 is 2.70 bits per heavy atom. The number of nitrogens with zero attached hydrogens (tertiary/aromatic N) is 4. The molecule has 30 heavy (non-hydrogen) atoms. The number of para-hydroxylation sites is 1. The van der Waals surface area contributed by atoms with Crippen molar-refractivity contribution in [2.75, 3.05) is 37.6 Å². The van der Waals surface area contributed by atoms with Crippen molar-refractivity contribution < 1.29 is 9.59 Å². The van der Waals surface area contributed by atoms with Gasteiger partial charge in [-0.1, -0.05) is 29.8 Å². The lowest BCUT2D eigenvalue weighted by Crippen LogP contribution is -2.49.